The maximum Gasteiger partial charge on any atom is 0.170 e. The Labute approximate surface area is 363 Å². The molecule has 0 aliphatic rings. The van der Waals surface area contributed by atoms with Crippen LogP contribution in [-0.2, 0) is 0 Å². The van der Waals surface area contributed by atoms with Crippen molar-refractivity contribution in [1.29, 1.82) is 0 Å². The second-order valence-electron chi connectivity index (χ2n) is 16.3. The molecule has 0 fully saturated rings. The molecular formula is C57H32N4OS. The van der Waals surface area contributed by atoms with E-state index in [1.54, 1.807) is 11.3 Å². The molecule has 0 bridgehead atoms. The molecule has 0 aliphatic heterocycles. The van der Waals surface area contributed by atoms with E-state index >= 15 is 0 Å². The van der Waals surface area contributed by atoms with E-state index in [9.17, 15) is 0 Å². The van der Waals surface area contributed by atoms with Crippen LogP contribution in [0, 0.1) is 0 Å². The molecule has 63 heavy (non-hydrogen) atoms. The normalized spacial score (nSPS) is 12.1. The summed E-state index contributed by atoms with van der Waals surface area (Å²) in [5, 5.41) is 13.6. The summed E-state index contributed by atoms with van der Waals surface area (Å²) in [6.45, 7) is 0. The molecule has 0 N–H and O–H groups in total. The first-order chi connectivity index (χ1) is 31.2. The molecule has 0 amide bonds. The van der Waals surface area contributed by atoms with Gasteiger partial charge in [0.25, 0.3) is 0 Å². The van der Waals surface area contributed by atoms with Gasteiger partial charge >= 0.3 is 0 Å². The largest absolute Gasteiger partial charge is 0.455 e. The predicted octanol–water partition coefficient (Wildman–Crippen LogP) is 15.7. The van der Waals surface area contributed by atoms with Gasteiger partial charge in [-0.05, 0) is 81.5 Å². The van der Waals surface area contributed by atoms with Gasteiger partial charge in [0.2, 0.25) is 0 Å². The molecule has 0 atom stereocenters. The molecule has 0 unspecified atom stereocenters. The van der Waals surface area contributed by atoms with Crippen LogP contribution in [-0.4, -0.2) is 19.5 Å². The van der Waals surface area contributed by atoms with Crippen molar-refractivity contribution in [3.05, 3.63) is 194 Å². The van der Waals surface area contributed by atoms with Crippen LogP contribution in [0.25, 0.3) is 136 Å². The highest BCUT2D eigenvalue weighted by atomic mass is 32.1. The Kier molecular flexibility index (Phi) is 7.21. The highest BCUT2D eigenvalue weighted by Gasteiger charge is 2.28. The Hall–Kier alpha value is -8.19. The number of para-hydroxylation sites is 2. The quantitative estimate of drug-likeness (QED) is 0.177. The fourth-order valence-corrected chi connectivity index (χ4v) is 11.0. The zero-order chi connectivity index (χ0) is 41.2. The third-order valence-electron chi connectivity index (χ3n) is 12.8. The number of hydrogen-bond donors (Lipinski definition) is 0. The Morgan fingerprint density at radius 2 is 0.968 bits per heavy atom. The Morgan fingerprint density at radius 3 is 1.79 bits per heavy atom. The minimum atomic E-state index is 0.537. The van der Waals surface area contributed by atoms with Crippen LogP contribution in [0.2, 0.25) is 0 Å². The van der Waals surface area contributed by atoms with Gasteiger partial charge in [0, 0.05) is 58.2 Å². The summed E-state index contributed by atoms with van der Waals surface area (Å²) in [4.78, 5) is 16.4. The van der Waals surface area contributed by atoms with Gasteiger partial charge < -0.3 is 8.98 Å². The summed E-state index contributed by atoms with van der Waals surface area (Å²) in [7, 11) is 0. The summed E-state index contributed by atoms with van der Waals surface area (Å²) >= 11 is 1.81. The summed E-state index contributed by atoms with van der Waals surface area (Å²) in [6.07, 6.45) is 0. The van der Waals surface area contributed by atoms with Crippen LogP contribution in [0.3, 0.4) is 0 Å². The zero-order valence-corrected chi connectivity index (χ0v) is 34.4. The van der Waals surface area contributed by atoms with Gasteiger partial charge in [-0.1, -0.05) is 140 Å². The minimum absolute atomic E-state index is 0.537. The number of benzene rings is 10. The first kappa shape index (κ1) is 34.5. The van der Waals surface area contributed by atoms with Gasteiger partial charge in [0.1, 0.15) is 11.2 Å². The molecule has 4 aromatic heterocycles. The topological polar surface area (TPSA) is 56.7 Å². The maximum atomic E-state index is 7.11. The van der Waals surface area contributed by atoms with Crippen LogP contribution < -0.4 is 0 Å². The highest BCUT2D eigenvalue weighted by Crippen LogP contribution is 2.48. The summed E-state index contributed by atoms with van der Waals surface area (Å²) < 4.78 is 12.0. The third kappa shape index (κ3) is 5.13. The van der Waals surface area contributed by atoms with Gasteiger partial charge in [-0.25, -0.2) is 15.0 Å². The smallest absolute Gasteiger partial charge is 0.170 e. The molecule has 0 radical (unpaired) electrons. The van der Waals surface area contributed by atoms with E-state index in [0.29, 0.717) is 17.5 Å². The number of hydrogen-bond acceptors (Lipinski definition) is 5. The molecule has 0 saturated heterocycles. The molecule has 0 aliphatic carbocycles. The molecule has 6 heteroatoms. The standard InChI is InChI=1S/C57H32N4OS/c1-2-14-34-29-37(26-25-33(34)13-1)55-58-56(38-27-28-50-45(31-38)40-18-9-12-24-49(40)63-50)60-57(59-55)52-53(42-20-6-5-19-41(42)51-43-21-8-11-23-48(43)62-54(51)52)61-46-22-10-7-17-39(46)44-30-35-15-3-4-16-36(35)32-47(44)61/h1-32H. The van der Waals surface area contributed by atoms with Crippen LogP contribution in [0.15, 0.2) is 199 Å². The Balaban J connectivity index is 1.16. The van der Waals surface area contributed by atoms with E-state index in [1.165, 1.54) is 41.7 Å². The minimum Gasteiger partial charge on any atom is -0.455 e. The molecule has 0 saturated carbocycles. The summed E-state index contributed by atoms with van der Waals surface area (Å²) in [5.41, 5.74) is 7.32. The van der Waals surface area contributed by atoms with Gasteiger partial charge in [-0.3, -0.25) is 0 Å². The van der Waals surface area contributed by atoms with E-state index in [2.05, 4.69) is 193 Å². The molecule has 5 nitrogen and oxygen atoms in total. The van der Waals surface area contributed by atoms with Crippen molar-refractivity contribution in [2.45, 2.75) is 0 Å². The van der Waals surface area contributed by atoms with Crippen LogP contribution >= 0.6 is 11.3 Å². The lowest BCUT2D eigenvalue weighted by Gasteiger charge is -2.18. The van der Waals surface area contributed by atoms with E-state index in [-0.39, 0.29) is 0 Å². The van der Waals surface area contributed by atoms with Gasteiger partial charge in [0.15, 0.2) is 17.5 Å². The molecule has 0 spiro atoms. The lowest BCUT2D eigenvalue weighted by atomic mass is 9.96. The van der Waals surface area contributed by atoms with Gasteiger partial charge in [-0.2, -0.15) is 0 Å². The second kappa shape index (κ2) is 13.2. The highest BCUT2D eigenvalue weighted by molar-refractivity contribution is 7.25. The average Bonchev–Trinajstić information content (AvgIpc) is 4.02. The lowest BCUT2D eigenvalue weighted by Crippen LogP contribution is -2.05. The van der Waals surface area contributed by atoms with Crippen LogP contribution in [0.4, 0.5) is 0 Å². The number of aromatic nitrogens is 4. The SMILES string of the molecule is c1ccc2cc(-c3nc(-c4ccc5sc6ccccc6c5c4)nc(-c4c(-n5c6ccccc6c6cc7ccccc7cc65)c5ccccc5c5c4oc4ccccc45)n3)ccc2c1. The molecular weight excluding hydrogens is 789 g/mol. The lowest BCUT2D eigenvalue weighted by molar-refractivity contribution is 0.669. The Morgan fingerprint density at radius 1 is 0.381 bits per heavy atom. The fraction of sp³-hybridized carbons (Fsp3) is 0. The van der Waals surface area contributed by atoms with E-state index in [4.69, 9.17) is 19.4 Å². The monoisotopic (exact) mass is 820 g/mol. The van der Waals surface area contributed by atoms with Crippen LogP contribution in [0.1, 0.15) is 0 Å². The van der Waals surface area contributed by atoms with Gasteiger partial charge in [0.05, 0.1) is 22.3 Å². The van der Waals surface area contributed by atoms with Crippen molar-refractivity contribution in [2.75, 3.05) is 0 Å². The fourth-order valence-electron chi connectivity index (χ4n) is 9.91. The third-order valence-corrected chi connectivity index (χ3v) is 13.9. The van der Waals surface area contributed by atoms with Crippen molar-refractivity contribution in [2.24, 2.45) is 0 Å². The summed E-state index contributed by atoms with van der Waals surface area (Å²) in [5.74, 6) is 1.72. The number of fused-ring (bicyclic) bond motifs is 13. The molecule has 292 valence electrons. The first-order valence-electron chi connectivity index (χ1n) is 21.2. The van der Waals surface area contributed by atoms with E-state index in [1.807, 2.05) is 6.07 Å². The van der Waals surface area contributed by atoms with Crippen LogP contribution in [0.5, 0.6) is 0 Å². The van der Waals surface area contributed by atoms with Crippen molar-refractivity contribution in [3.8, 4) is 39.9 Å². The number of nitrogens with zero attached hydrogens (tertiary/aromatic N) is 4. The predicted molar refractivity (Wildman–Crippen MR) is 263 cm³/mol. The molecule has 14 aromatic rings. The van der Waals surface area contributed by atoms with Crippen molar-refractivity contribution in [1.82, 2.24) is 19.5 Å². The number of thiophene rings is 1. The Bertz CT molecular complexity index is 4230. The maximum absolute atomic E-state index is 7.11. The molecule has 4 heterocycles. The van der Waals surface area contributed by atoms with Crippen molar-refractivity contribution < 1.29 is 4.42 Å². The summed E-state index contributed by atoms with van der Waals surface area (Å²) in [6, 6.07) is 69.1. The van der Waals surface area contributed by atoms with Crippen molar-refractivity contribution >= 4 is 108 Å². The van der Waals surface area contributed by atoms with Gasteiger partial charge in [-0.15, -0.1) is 11.3 Å². The first-order valence-corrected chi connectivity index (χ1v) is 22.0. The van der Waals surface area contributed by atoms with E-state index < -0.39 is 0 Å². The molecule has 14 rings (SSSR count). The molecule has 10 aromatic carbocycles. The average molecular weight is 821 g/mol. The zero-order valence-electron chi connectivity index (χ0n) is 33.6. The number of rotatable bonds is 4. The van der Waals surface area contributed by atoms with Crippen molar-refractivity contribution in [3.63, 3.8) is 0 Å². The number of furan rings is 1. The van der Waals surface area contributed by atoms with E-state index in [0.717, 1.165) is 76.9 Å². The second-order valence-corrected chi connectivity index (χ2v) is 17.4.